The minimum Gasteiger partial charge on any atom is -0.347 e. The summed E-state index contributed by atoms with van der Waals surface area (Å²) >= 11 is 1.81. The number of benzene rings is 3. The van der Waals surface area contributed by atoms with Gasteiger partial charge >= 0.3 is 0 Å². The molecule has 25 heavy (non-hydrogen) atoms. The highest BCUT2D eigenvalue weighted by Gasteiger charge is 2.62. The van der Waals surface area contributed by atoms with Crippen LogP contribution in [0.1, 0.15) is 23.5 Å². The SMILES string of the molecule is C[C@@]1(c2ccccc2)[C@@H](c2nc3ccccc3s2)N1c1ccccc1. The Hall–Kier alpha value is -2.65. The first-order chi connectivity index (χ1) is 12.3. The Morgan fingerprint density at radius 1 is 0.840 bits per heavy atom. The quantitative estimate of drug-likeness (QED) is 0.439. The lowest BCUT2D eigenvalue weighted by molar-refractivity contribution is 0.745. The molecule has 0 bridgehead atoms. The van der Waals surface area contributed by atoms with Crippen LogP contribution in [0.25, 0.3) is 10.2 Å². The van der Waals surface area contributed by atoms with Crippen molar-refractivity contribution in [2.45, 2.75) is 18.5 Å². The number of anilines is 1. The Balaban J connectivity index is 1.65. The highest BCUT2D eigenvalue weighted by molar-refractivity contribution is 7.18. The summed E-state index contributed by atoms with van der Waals surface area (Å²) < 4.78 is 1.26. The number of para-hydroxylation sites is 2. The number of aromatic nitrogens is 1. The summed E-state index contributed by atoms with van der Waals surface area (Å²) in [4.78, 5) is 7.43. The van der Waals surface area contributed by atoms with E-state index in [1.165, 1.54) is 21.0 Å². The summed E-state index contributed by atoms with van der Waals surface area (Å²) in [6, 6.07) is 30.1. The summed E-state index contributed by atoms with van der Waals surface area (Å²) in [5, 5.41) is 1.19. The van der Waals surface area contributed by atoms with Gasteiger partial charge in [0.1, 0.15) is 11.0 Å². The summed E-state index contributed by atoms with van der Waals surface area (Å²) in [7, 11) is 0. The first-order valence-electron chi connectivity index (χ1n) is 8.54. The molecule has 2 heterocycles. The van der Waals surface area contributed by atoms with Gasteiger partial charge in [0.2, 0.25) is 0 Å². The summed E-state index contributed by atoms with van der Waals surface area (Å²) in [5.74, 6) is 0. The zero-order valence-electron chi connectivity index (χ0n) is 14.0. The van der Waals surface area contributed by atoms with Crippen molar-refractivity contribution in [2.24, 2.45) is 0 Å². The largest absolute Gasteiger partial charge is 0.347 e. The molecule has 1 aliphatic heterocycles. The van der Waals surface area contributed by atoms with E-state index in [4.69, 9.17) is 4.98 Å². The van der Waals surface area contributed by atoms with Gasteiger partial charge in [0.25, 0.3) is 0 Å². The van der Waals surface area contributed by atoms with Gasteiger partial charge in [-0.25, -0.2) is 4.98 Å². The van der Waals surface area contributed by atoms with E-state index in [9.17, 15) is 0 Å². The Labute approximate surface area is 151 Å². The molecule has 0 unspecified atom stereocenters. The molecule has 4 aromatic rings. The zero-order chi connectivity index (χ0) is 16.9. The van der Waals surface area contributed by atoms with Crippen molar-refractivity contribution in [1.82, 2.24) is 4.98 Å². The number of nitrogens with zero attached hydrogens (tertiary/aromatic N) is 2. The standard InChI is InChI=1S/C22H18N2S/c1-22(16-10-4-2-5-11-16)20(24(22)17-12-6-3-7-13-17)21-23-18-14-8-9-15-19(18)25-21/h2-15,20H,1H3/t20-,22-,24?/m1/s1. The fourth-order valence-corrected chi connectivity index (χ4v) is 5.01. The molecule has 0 N–H and O–H groups in total. The van der Waals surface area contributed by atoms with Gasteiger partial charge in [0.05, 0.1) is 15.8 Å². The van der Waals surface area contributed by atoms with Crippen molar-refractivity contribution in [3.63, 3.8) is 0 Å². The molecule has 0 amide bonds. The molecule has 1 saturated heterocycles. The van der Waals surface area contributed by atoms with Crippen molar-refractivity contribution in [1.29, 1.82) is 0 Å². The Kier molecular flexibility index (Phi) is 3.19. The number of hydrogen-bond donors (Lipinski definition) is 0. The molecular weight excluding hydrogens is 324 g/mol. The number of fused-ring (bicyclic) bond motifs is 1. The van der Waals surface area contributed by atoms with Crippen LogP contribution in [0.4, 0.5) is 5.69 Å². The lowest BCUT2D eigenvalue weighted by Crippen LogP contribution is -2.10. The predicted molar refractivity (Wildman–Crippen MR) is 105 cm³/mol. The van der Waals surface area contributed by atoms with Gasteiger partial charge < -0.3 is 4.90 Å². The van der Waals surface area contributed by atoms with Crippen LogP contribution in [0.15, 0.2) is 84.9 Å². The van der Waals surface area contributed by atoms with E-state index in [-0.39, 0.29) is 11.6 Å². The van der Waals surface area contributed by atoms with Gasteiger partial charge in [-0.15, -0.1) is 11.3 Å². The van der Waals surface area contributed by atoms with Gasteiger partial charge in [-0.05, 0) is 36.8 Å². The summed E-state index contributed by atoms with van der Waals surface area (Å²) in [6.07, 6.45) is 0. The molecule has 2 nitrogen and oxygen atoms in total. The molecule has 122 valence electrons. The molecule has 0 aliphatic carbocycles. The minimum absolute atomic E-state index is 0.0590. The Morgan fingerprint density at radius 3 is 2.20 bits per heavy atom. The average molecular weight is 342 g/mol. The van der Waals surface area contributed by atoms with Crippen LogP contribution in [0.3, 0.4) is 0 Å². The molecule has 0 saturated carbocycles. The molecule has 0 spiro atoms. The highest BCUT2D eigenvalue weighted by atomic mass is 32.1. The molecule has 3 heteroatoms. The fraction of sp³-hybridized carbons (Fsp3) is 0.136. The average Bonchev–Trinajstić information content (AvgIpc) is 3.09. The molecule has 0 radical (unpaired) electrons. The van der Waals surface area contributed by atoms with Crippen LogP contribution < -0.4 is 4.90 Å². The lowest BCUT2D eigenvalue weighted by atomic mass is 9.97. The molecule has 3 aromatic carbocycles. The number of thiazole rings is 1. The summed E-state index contributed by atoms with van der Waals surface area (Å²) in [5.41, 5.74) is 3.62. The van der Waals surface area contributed by atoms with Crippen LogP contribution in [-0.4, -0.2) is 4.98 Å². The maximum atomic E-state index is 4.95. The Bertz CT molecular complexity index is 993. The summed E-state index contributed by atoms with van der Waals surface area (Å²) in [6.45, 7) is 2.33. The maximum absolute atomic E-state index is 4.95. The van der Waals surface area contributed by atoms with Crippen molar-refractivity contribution < 1.29 is 0 Å². The van der Waals surface area contributed by atoms with E-state index in [1.54, 1.807) is 0 Å². The van der Waals surface area contributed by atoms with Crippen molar-refractivity contribution in [3.05, 3.63) is 95.5 Å². The third kappa shape index (κ3) is 2.19. The molecule has 2 atom stereocenters. The highest BCUT2D eigenvalue weighted by Crippen LogP contribution is 2.62. The van der Waals surface area contributed by atoms with Crippen molar-refractivity contribution in [2.75, 3.05) is 4.90 Å². The maximum Gasteiger partial charge on any atom is 0.119 e. The molecule has 1 aromatic heterocycles. The van der Waals surface area contributed by atoms with Crippen LogP contribution in [0.2, 0.25) is 0 Å². The number of rotatable bonds is 3. The van der Waals surface area contributed by atoms with E-state index in [1.807, 2.05) is 11.3 Å². The third-order valence-electron chi connectivity index (χ3n) is 5.16. The van der Waals surface area contributed by atoms with Gasteiger partial charge in [-0.3, -0.25) is 0 Å². The van der Waals surface area contributed by atoms with Crippen LogP contribution in [0.5, 0.6) is 0 Å². The fourth-order valence-electron chi connectivity index (χ4n) is 3.83. The Morgan fingerprint density at radius 2 is 1.48 bits per heavy atom. The lowest BCUT2D eigenvalue weighted by Gasteiger charge is -2.13. The first-order valence-corrected chi connectivity index (χ1v) is 9.35. The molecule has 1 aliphatic rings. The van der Waals surface area contributed by atoms with Crippen LogP contribution >= 0.6 is 11.3 Å². The van der Waals surface area contributed by atoms with Gasteiger partial charge in [0, 0.05) is 5.69 Å². The van der Waals surface area contributed by atoms with E-state index in [2.05, 4.69) is 96.8 Å². The van der Waals surface area contributed by atoms with Crippen molar-refractivity contribution in [3.8, 4) is 0 Å². The van der Waals surface area contributed by atoms with Gasteiger partial charge in [-0.2, -0.15) is 0 Å². The van der Waals surface area contributed by atoms with E-state index in [0.29, 0.717) is 0 Å². The van der Waals surface area contributed by atoms with Crippen molar-refractivity contribution >= 4 is 27.2 Å². The van der Waals surface area contributed by atoms with E-state index < -0.39 is 0 Å². The molecule has 5 rings (SSSR count). The minimum atomic E-state index is -0.0590. The second-order valence-electron chi connectivity index (χ2n) is 6.64. The van der Waals surface area contributed by atoms with E-state index in [0.717, 1.165) is 5.52 Å². The predicted octanol–water partition coefficient (Wildman–Crippen LogP) is 5.77. The second-order valence-corrected chi connectivity index (χ2v) is 7.70. The number of hydrogen-bond acceptors (Lipinski definition) is 3. The van der Waals surface area contributed by atoms with Crippen LogP contribution in [-0.2, 0) is 5.54 Å². The van der Waals surface area contributed by atoms with E-state index >= 15 is 0 Å². The smallest absolute Gasteiger partial charge is 0.119 e. The zero-order valence-corrected chi connectivity index (χ0v) is 14.8. The van der Waals surface area contributed by atoms with Gasteiger partial charge in [-0.1, -0.05) is 60.7 Å². The normalized spacial score (nSPS) is 22.3. The monoisotopic (exact) mass is 342 g/mol. The second kappa shape index (κ2) is 5.43. The van der Waals surface area contributed by atoms with Gasteiger partial charge in [0.15, 0.2) is 0 Å². The molecular formula is C22H18N2S. The first kappa shape index (κ1) is 14.7. The topological polar surface area (TPSA) is 15.9 Å². The van der Waals surface area contributed by atoms with Crippen LogP contribution in [0, 0.1) is 0 Å². The third-order valence-corrected chi connectivity index (χ3v) is 6.25. The molecule has 1 fully saturated rings.